The van der Waals surface area contributed by atoms with E-state index < -0.39 is 5.82 Å². The van der Waals surface area contributed by atoms with Crippen LogP contribution >= 0.6 is 0 Å². The van der Waals surface area contributed by atoms with Gasteiger partial charge in [-0.3, -0.25) is 4.79 Å². The molecule has 0 aromatic heterocycles. The second-order valence-electron chi connectivity index (χ2n) is 4.52. The Balaban J connectivity index is 2.27. The summed E-state index contributed by atoms with van der Waals surface area (Å²) in [6.07, 6.45) is 0. The predicted octanol–water partition coefficient (Wildman–Crippen LogP) is 2.70. The maximum atomic E-state index is 13.4. The first-order chi connectivity index (χ1) is 10.1. The van der Waals surface area contributed by atoms with Crippen LogP contribution in [0.2, 0.25) is 0 Å². The molecule has 0 atom stereocenters. The normalized spacial score (nSPS) is 9.67. The van der Waals surface area contributed by atoms with Gasteiger partial charge in [-0.25, -0.2) is 4.39 Å². The lowest BCUT2D eigenvalue weighted by Crippen LogP contribution is -2.13. The highest BCUT2D eigenvalue weighted by atomic mass is 19.1. The fourth-order valence-corrected chi connectivity index (χ4v) is 1.91. The molecule has 0 unspecified atom stereocenters. The number of hydrogen-bond acceptors (Lipinski definition) is 2. The molecule has 3 N–H and O–H groups in total. The van der Waals surface area contributed by atoms with E-state index in [4.69, 9.17) is 5.73 Å². The first-order valence-electron chi connectivity index (χ1n) is 6.46. The van der Waals surface area contributed by atoms with Crippen LogP contribution in [0.25, 0.3) is 0 Å². The van der Waals surface area contributed by atoms with Crippen molar-refractivity contribution in [2.75, 3.05) is 11.9 Å². The first kappa shape index (κ1) is 14.8. The number of nitrogens with two attached hydrogens (primary N) is 1. The Hall–Kier alpha value is -2.64. The molecule has 0 aliphatic carbocycles. The van der Waals surface area contributed by atoms with Gasteiger partial charge < -0.3 is 11.1 Å². The fraction of sp³-hybridized carbons (Fsp3) is 0.118. The zero-order valence-corrected chi connectivity index (χ0v) is 11.6. The summed E-state index contributed by atoms with van der Waals surface area (Å²) in [7, 11) is 0. The Bertz CT molecular complexity index is 709. The van der Waals surface area contributed by atoms with E-state index in [-0.39, 0.29) is 18.0 Å². The van der Waals surface area contributed by atoms with E-state index in [1.165, 1.54) is 12.1 Å². The summed E-state index contributed by atoms with van der Waals surface area (Å²) in [5.74, 6) is 4.82. The van der Waals surface area contributed by atoms with Crippen molar-refractivity contribution in [2.24, 2.45) is 5.73 Å². The first-order valence-corrected chi connectivity index (χ1v) is 6.46. The van der Waals surface area contributed by atoms with Gasteiger partial charge in [-0.15, -0.1) is 0 Å². The number of aryl methyl sites for hydroxylation is 1. The fourth-order valence-electron chi connectivity index (χ4n) is 1.91. The zero-order chi connectivity index (χ0) is 15.2. The highest BCUT2D eigenvalue weighted by Crippen LogP contribution is 2.16. The summed E-state index contributed by atoms with van der Waals surface area (Å²) in [6, 6.07) is 11.4. The predicted molar refractivity (Wildman–Crippen MR) is 81.5 cm³/mol. The minimum Gasteiger partial charge on any atom is -0.321 e. The lowest BCUT2D eigenvalue weighted by atomic mass is 10.1. The van der Waals surface area contributed by atoms with Crippen molar-refractivity contribution in [3.05, 3.63) is 65.0 Å². The van der Waals surface area contributed by atoms with Crippen LogP contribution in [-0.2, 0) is 0 Å². The number of anilines is 1. The Morgan fingerprint density at radius 1 is 1.29 bits per heavy atom. The van der Waals surface area contributed by atoms with Gasteiger partial charge in [-0.05, 0) is 42.8 Å². The van der Waals surface area contributed by atoms with Crippen LogP contribution in [0.1, 0.15) is 21.5 Å². The minimum absolute atomic E-state index is 0.241. The van der Waals surface area contributed by atoms with Gasteiger partial charge in [0.1, 0.15) is 5.82 Å². The zero-order valence-electron chi connectivity index (χ0n) is 11.6. The van der Waals surface area contributed by atoms with E-state index >= 15 is 0 Å². The number of hydrogen-bond donors (Lipinski definition) is 2. The maximum Gasteiger partial charge on any atom is 0.255 e. The largest absolute Gasteiger partial charge is 0.321 e. The van der Waals surface area contributed by atoms with Crippen molar-refractivity contribution in [3.63, 3.8) is 0 Å². The summed E-state index contributed by atoms with van der Waals surface area (Å²) in [5, 5.41) is 2.74. The lowest BCUT2D eigenvalue weighted by Gasteiger charge is -2.08. The second-order valence-corrected chi connectivity index (χ2v) is 4.52. The third-order valence-electron chi connectivity index (χ3n) is 2.80. The summed E-state index contributed by atoms with van der Waals surface area (Å²) in [5.41, 5.74) is 7.56. The molecule has 2 aromatic carbocycles. The molecule has 106 valence electrons. The molecule has 2 rings (SSSR count). The van der Waals surface area contributed by atoms with E-state index in [2.05, 4.69) is 17.2 Å². The van der Waals surface area contributed by atoms with Crippen LogP contribution in [0.3, 0.4) is 0 Å². The molecule has 0 fully saturated rings. The highest BCUT2D eigenvalue weighted by Gasteiger charge is 2.09. The number of benzene rings is 2. The van der Waals surface area contributed by atoms with Crippen LogP contribution in [0.15, 0.2) is 42.5 Å². The number of carbonyl (C=O) groups is 1. The molecule has 0 saturated carbocycles. The van der Waals surface area contributed by atoms with Crippen molar-refractivity contribution < 1.29 is 9.18 Å². The highest BCUT2D eigenvalue weighted by molar-refractivity contribution is 6.05. The molecule has 0 heterocycles. The molecule has 0 aliphatic heterocycles. The van der Waals surface area contributed by atoms with Crippen molar-refractivity contribution >= 4 is 11.6 Å². The third kappa shape index (κ3) is 3.91. The number of para-hydroxylation sites is 1. The summed E-state index contributed by atoms with van der Waals surface area (Å²) in [6.45, 7) is 1.98. The standard InChI is InChI=1S/C17H15FN2O/c1-12-9-14(11-15(18)10-12)17(21)20-16-7-3-2-5-13(16)6-4-8-19/h2-3,5,7,9-11H,8,19H2,1H3,(H,20,21). The Kier molecular flexibility index (Phi) is 4.70. The molecular formula is C17H15FN2O. The van der Waals surface area contributed by atoms with Gasteiger partial charge in [0.2, 0.25) is 0 Å². The van der Waals surface area contributed by atoms with Gasteiger partial charge in [0.05, 0.1) is 12.2 Å². The van der Waals surface area contributed by atoms with Crippen molar-refractivity contribution in [1.82, 2.24) is 0 Å². The number of nitrogens with one attached hydrogen (secondary N) is 1. The SMILES string of the molecule is Cc1cc(F)cc(C(=O)Nc2ccccc2C#CCN)c1. The molecule has 0 radical (unpaired) electrons. The van der Waals surface area contributed by atoms with E-state index in [1.54, 1.807) is 31.2 Å². The third-order valence-corrected chi connectivity index (χ3v) is 2.80. The van der Waals surface area contributed by atoms with Crippen LogP contribution in [0.4, 0.5) is 10.1 Å². The van der Waals surface area contributed by atoms with Crippen LogP contribution < -0.4 is 11.1 Å². The van der Waals surface area contributed by atoms with Crippen molar-refractivity contribution in [2.45, 2.75) is 6.92 Å². The van der Waals surface area contributed by atoms with Crippen LogP contribution in [-0.4, -0.2) is 12.5 Å². The average Bonchev–Trinajstić information content (AvgIpc) is 2.45. The molecular weight excluding hydrogens is 267 g/mol. The molecule has 2 aromatic rings. The summed E-state index contributed by atoms with van der Waals surface area (Å²) >= 11 is 0. The number of amides is 1. The maximum absolute atomic E-state index is 13.4. The van der Waals surface area contributed by atoms with E-state index in [1.807, 2.05) is 6.07 Å². The molecule has 3 nitrogen and oxygen atoms in total. The average molecular weight is 282 g/mol. The second kappa shape index (κ2) is 6.69. The van der Waals surface area contributed by atoms with Gasteiger partial charge in [-0.2, -0.15) is 0 Å². The van der Waals surface area contributed by atoms with E-state index in [0.29, 0.717) is 16.8 Å². The van der Waals surface area contributed by atoms with Crippen molar-refractivity contribution in [1.29, 1.82) is 0 Å². The molecule has 4 heteroatoms. The monoisotopic (exact) mass is 282 g/mol. The Labute approximate surface area is 123 Å². The molecule has 0 aliphatic rings. The Morgan fingerprint density at radius 3 is 2.76 bits per heavy atom. The van der Waals surface area contributed by atoms with Gasteiger partial charge >= 0.3 is 0 Å². The van der Waals surface area contributed by atoms with E-state index in [9.17, 15) is 9.18 Å². The minimum atomic E-state index is -0.434. The van der Waals surface area contributed by atoms with E-state index in [0.717, 1.165) is 0 Å². The molecule has 0 bridgehead atoms. The summed E-state index contributed by atoms with van der Waals surface area (Å²) < 4.78 is 13.4. The molecule has 0 spiro atoms. The van der Waals surface area contributed by atoms with Crippen molar-refractivity contribution in [3.8, 4) is 11.8 Å². The topological polar surface area (TPSA) is 55.1 Å². The number of rotatable bonds is 2. The Morgan fingerprint density at radius 2 is 2.05 bits per heavy atom. The smallest absolute Gasteiger partial charge is 0.255 e. The lowest BCUT2D eigenvalue weighted by molar-refractivity contribution is 0.102. The van der Waals surface area contributed by atoms with Crippen LogP contribution in [0.5, 0.6) is 0 Å². The number of carbonyl (C=O) groups excluding carboxylic acids is 1. The van der Waals surface area contributed by atoms with Gasteiger partial charge in [-0.1, -0.05) is 24.0 Å². The molecule has 0 saturated heterocycles. The van der Waals surface area contributed by atoms with Gasteiger partial charge in [0.15, 0.2) is 0 Å². The van der Waals surface area contributed by atoms with Crippen LogP contribution in [0, 0.1) is 24.6 Å². The quantitative estimate of drug-likeness (QED) is 0.832. The molecule has 21 heavy (non-hydrogen) atoms. The summed E-state index contributed by atoms with van der Waals surface area (Å²) in [4.78, 5) is 12.2. The van der Waals surface area contributed by atoms with Gasteiger partial charge in [0.25, 0.3) is 5.91 Å². The number of halogens is 1. The molecule has 1 amide bonds. The van der Waals surface area contributed by atoms with Gasteiger partial charge in [0, 0.05) is 11.1 Å².